The lowest BCUT2D eigenvalue weighted by Gasteiger charge is -2.14. The molecule has 0 saturated heterocycles. The minimum absolute atomic E-state index is 0.259. The lowest BCUT2D eigenvalue weighted by Crippen LogP contribution is -2.02. The summed E-state index contributed by atoms with van der Waals surface area (Å²) in [6.45, 7) is 2.07. The lowest BCUT2D eigenvalue weighted by atomic mass is 10.1. The third-order valence-electron chi connectivity index (χ3n) is 2.30. The fraction of sp³-hybridized carbons (Fsp3) is 0.214. The molecule has 108 valence electrons. The summed E-state index contributed by atoms with van der Waals surface area (Å²) in [5.74, 6) is -0.232. The Balaban J connectivity index is 3.18. The van der Waals surface area contributed by atoms with Crippen LogP contribution in [0.15, 0.2) is 29.3 Å². The van der Waals surface area contributed by atoms with Gasteiger partial charge in [-0.1, -0.05) is 23.2 Å². The van der Waals surface area contributed by atoms with Gasteiger partial charge in [-0.2, -0.15) is 0 Å². The zero-order chi connectivity index (χ0) is 15.1. The minimum atomic E-state index is -1.06. The van der Waals surface area contributed by atoms with Gasteiger partial charge >= 0.3 is 5.97 Å². The molecule has 4 nitrogen and oxygen atoms in total. The van der Waals surface area contributed by atoms with Crippen LogP contribution >= 0.6 is 23.2 Å². The number of carboxylic acids is 1. The fourth-order valence-corrected chi connectivity index (χ4v) is 1.68. The van der Waals surface area contributed by atoms with Crippen molar-refractivity contribution in [2.24, 2.45) is 0 Å². The number of halogens is 2. The molecule has 0 bridgehead atoms. The monoisotopic (exact) mass is 316 g/mol. The molecule has 0 fully saturated rings. The molecule has 1 aromatic carbocycles. The van der Waals surface area contributed by atoms with E-state index < -0.39 is 5.97 Å². The van der Waals surface area contributed by atoms with Crippen LogP contribution in [0.25, 0.3) is 6.08 Å². The first-order valence-electron chi connectivity index (χ1n) is 5.65. The summed E-state index contributed by atoms with van der Waals surface area (Å²) in [6, 6.07) is 3.19. The van der Waals surface area contributed by atoms with Gasteiger partial charge in [0, 0.05) is 28.3 Å². The zero-order valence-electron chi connectivity index (χ0n) is 11.0. The van der Waals surface area contributed by atoms with E-state index >= 15 is 0 Å². The van der Waals surface area contributed by atoms with Crippen LogP contribution in [0, 0.1) is 0 Å². The number of methoxy groups -OCH3 is 1. The number of carboxylic acid groups (broad SMARTS) is 1. The lowest BCUT2D eigenvalue weighted by molar-refractivity contribution is -0.131. The Morgan fingerprint density at radius 3 is 2.70 bits per heavy atom. The van der Waals surface area contributed by atoms with Crippen LogP contribution in [0.4, 0.5) is 0 Å². The summed E-state index contributed by atoms with van der Waals surface area (Å²) in [4.78, 5) is 10.6. The molecule has 0 amide bonds. The van der Waals surface area contributed by atoms with Gasteiger partial charge in [0.05, 0.1) is 7.11 Å². The Morgan fingerprint density at radius 1 is 1.45 bits per heavy atom. The second-order valence-corrected chi connectivity index (χ2v) is 4.60. The predicted molar refractivity (Wildman–Crippen MR) is 79.8 cm³/mol. The van der Waals surface area contributed by atoms with E-state index in [1.807, 2.05) is 6.92 Å². The maximum absolute atomic E-state index is 10.6. The highest BCUT2D eigenvalue weighted by Crippen LogP contribution is 2.35. The van der Waals surface area contributed by atoms with Gasteiger partial charge in [-0.15, -0.1) is 0 Å². The second kappa shape index (κ2) is 7.82. The minimum Gasteiger partial charge on any atom is -0.493 e. The average Bonchev–Trinajstić information content (AvgIpc) is 2.42. The first kappa shape index (κ1) is 16.4. The first-order valence-corrected chi connectivity index (χ1v) is 6.46. The molecule has 1 rings (SSSR count). The molecule has 0 heterocycles. The van der Waals surface area contributed by atoms with Crippen molar-refractivity contribution in [1.29, 1.82) is 0 Å². The Kier molecular flexibility index (Phi) is 6.42. The Hall–Kier alpha value is -1.65. The predicted octanol–water partition coefficient (Wildman–Crippen LogP) is 3.97. The number of hydrogen-bond acceptors (Lipinski definition) is 3. The molecule has 0 aliphatic rings. The van der Waals surface area contributed by atoms with Gasteiger partial charge in [-0.05, 0) is 24.6 Å². The third-order valence-corrected chi connectivity index (χ3v) is 2.89. The number of rotatable bonds is 6. The van der Waals surface area contributed by atoms with Crippen LogP contribution in [0.2, 0.25) is 5.02 Å². The molecule has 0 spiro atoms. The number of aliphatic carboxylic acids is 1. The fourth-order valence-electron chi connectivity index (χ4n) is 1.40. The van der Waals surface area contributed by atoms with Crippen molar-refractivity contribution >= 4 is 35.2 Å². The van der Waals surface area contributed by atoms with E-state index in [1.54, 1.807) is 12.1 Å². The maximum Gasteiger partial charge on any atom is 0.328 e. The number of ether oxygens (including phenoxy) is 2. The standard InChI is InChI=1S/C14H14Cl2O4/c1-9(7-15)8-20-14-10(3-4-13(17)18)5-11(16)6-12(14)19-2/h3-7H,8H2,1-2H3,(H,17,18)/b4-3+,9-7+. The van der Waals surface area contributed by atoms with Crippen molar-refractivity contribution in [2.45, 2.75) is 6.92 Å². The van der Waals surface area contributed by atoms with Gasteiger partial charge in [0.25, 0.3) is 0 Å². The zero-order valence-corrected chi connectivity index (χ0v) is 12.5. The van der Waals surface area contributed by atoms with Crippen LogP contribution in [-0.4, -0.2) is 24.8 Å². The van der Waals surface area contributed by atoms with Crippen LogP contribution < -0.4 is 9.47 Å². The van der Waals surface area contributed by atoms with Gasteiger partial charge in [0.2, 0.25) is 0 Å². The van der Waals surface area contributed by atoms with Gasteiger partial charge in [0.1, 0.15) is 6.61 Å². The highest BCUT2D eigenvalue weighted by Gasteiger charge is 2.11. The molecule has 0 atom stereocenters. The SMILES string of the molecule is COc1cc(Cl)cc(/C=C/C(=O)O)c1OC/C(C)=C/Cl. The Labute approximate surface area is 127 Å². The van der Waals surface area contributed by atoms with Crippen LogP contribution in [-0.2, 0) is 4.79 Å². The molecule has 0 saturated carbocycles. The van der Waals surface area contributed by atoms with Gasteiger partial charge < -0.3 is 14.6 Å². The smallest absolute Gasteiger partial charge is 0.328 e. The highest BCUT2D eigenvalue weighted by molar-refractivity contribution is 6.31. The highest BCUT2D eigenvalue weighted by atomic mass is 35.5. The van der Waals surface area contributed by atoms with E-state index in [0.717, 1.165) is 11.6 Å². The summed E-state index contributed by atoms with van der Waals surface area (Å²) >= 11 is 11.5. The molecule has 6 heteroatoms. The van der Waals surface area contributed by atoms with E-state index in [-0.39, 0.29) is 6.61 Å². The largest absolute Gasteiger partial charge is 0.493 e. The molecule has 0 unspecified atom stereocenters. The molecule has 20 heavy (non-hydrogen) atoms. The topological polar surface area (TPSA) is 55.8 Å². The van der Waals surface area contributed by atoms with Crippen molar-refractivity contribution < 1.29 is 19.4 Å². The molecule has 0 aliphatic heterocycles. The number of hydrogen-bond donors (Lipinski definition) is 1. The molecule has 0 radical (unpaired) electrons. The number of carbonyl (C=O) groups is 1. The van der Waals surface area contributed by atoms with E-state index in [0.29, 0.717) is 22.1 Å². The molecular formula is C14H14Cl2O4. The first-order chi connectivity index (χ1) is 9.47. The molecule has 0 aromatic heterocycles. The van der Waals surface area contributed by atoms with Crippen LogP contribution in [0.5, 0.6) is 11.5 Å². The van der Waals surface area contributed by atoms with E-state index in [9.17, 15) is 4.79 Å². The van der Waals surface area contributed by atoms with Crippen molar-refractivity contribution in [3.05, 3.63) is 39.9 Å². The van der Waals surface area contributed by atoms with Gasteiger partial charge in [0.15, 0.2) is 11.5 Å². The summed E-state index contributed by atoms with van der Waals surface area (Å²) in [5, 5.41) is 9.12. The van der Waals surface area contributed by atoms with E-state index in [1.165, 1.54) is 18.7 Å². The normalized spacial score (nSPS) is 11.7. The quantitative estimate of drug-likeness (QED) is 0.807. The Bertz CT molecular complexity index is 550. The molecule has 1 aromatic rings. The van der Waals surface area contributed by atoms with Crippen molar-refractivity contribution in [3.63, 3.8) is 0 Å². The Morgan fingerprint density at radius 2 is 2.15 bits per heavy atom. The maximum atomic E-state index is 10.6. The van der Waals surface area contributed by atoms with Gasteiger partial charge in [-0.25, -0.2) is 4.79 Å². The van der Waals surface area contributed by atoms with E-state index in [2.05, 4.69) is 0 Å². The van der Waals surface area contributed by atoms with Gasteiger partial charge in [-0.3, -0.25) is 0 Å². The molecule has 0 aliphatic carbocycles. The van der Waals surface area contributed by atoms with Crippen molar-refractivity contribution in [2.75, 3.05) is 13.7 Å². The van der Waals surface area contributed by atoms with E-state index in [4.69, 9.17) is 37.8 Å². The molecule has 1 N–H and O–H groups in total. The van der Waals surface area contributed by atoms with Crippen LogP contribution in [0.1, 0.15) is 12.5 Å². The summed E-state index contributed by atoms with van der Waals surface area (Å²) in [6.07, 6.45) is 2.40. The molecular weight excluding hydrogens is 303 g/mol. The number of benzene rings is 1. The van der Waals surface area contributed by atoms with Crippen LogP contribution in [0.3, 0.4) is 0 Å². The third kappa shape index (κ3) is 4.79. The summed E-state index contributed by atoms with van der Waals surface area (Å²) in [5.41, 5.74) is 2.74. The summed E-state index contributed by atoms with van der Waals surface area (Å²) < 4.78 is 10.8. The van der Waals surface area contributed by atoms with Crippen molar-refractivity contribution in [3.8, 4) is 11.5 Å². The summed E-state index contributed by atoms with van der Waals surface area (Å²) in [7, 11) is 1.48. The average molecular weight is 317 g/mol. The van der Waals surface area contributed by atoms with Crippen molar-refractivity contribution in [1.82, 2.24) is 0 Å². The second-order valence-electron chi connectivity index (χ2n) is 3.94.